The number of benzene rings is 3. The van der Waals surface area contributed by atoms with Crippen LogP contribution in [-0.4, -0.2) is 41.2 Å². The Balaban J connectivity index is 1.33. The third-order valence-corrected chi connectivity index (χ3v) is 6.93. The van der Waals surface area contributed by atoms with E-state index in [1.54, 1.807) is 6.07 Å². The summed E-state index contributed by atoms with van der Waals surface area (Å²) in [6, 6.07) is 19.9. The monoisotopic (exact) mass is 444 g/mol. The number of hydrogen-bond acceptors (Lipinski definition) is 3. The average molecular weight is 445 g/mol. The molecule has 1 unspecified atom stereocenters. The lowest BCUT2D eigenvalue weighted by Crippen LogP contribution is -2.38. The van der Waals surface area contributed by atoms with E-state index in [-0.39, 0.29) is 24.1 Å². The largest absolute Gasteiger partial charge is 0.491 e. The van der Waals surface area contributed by atoms with Gasteiger partial charge in [-0.15, -0.1) is 0 Å². The summed E-state index contributed by atoms with van der Waals surface area (Å²) in [7, 11) is 0. The first kappa shape index (κ1) is 21.3. The number of carbonyl (C=O) groups is 2. The van der Waals surface area contributed by atoms with Crippen molar-refractivity contribution in [3.8, 4) is 5.75 Å². The summed E-state index contributed by atoms with van der Waals surface area (Å²) in [6.07, 6.45) is 2.55. The minimum atomic E-state index is -0.909. The SMILES string of the molecule is Cc1ccc(OCC2CCCN2C(=O)O)cc1C(=O)NC1(c2cccc3ccccc23)CC1. The maximum atomic E-state index is 13.3. The number of fused-ring (bicyclic) bond motifs is 1. The molecule has 33 heavy (non-hydrogen) atoms. The number of aryl methyl sites for hydroxylation is 1. The number of amides is 2. The fraction of sp³-hybridized carbons (Fsp3) is 0.333. The van der Waals surface area contributed by atoms with Crippen LogP contribution in [0.5, 0.6) is 5.75 Å². The maximum Gasteiger partial charge on any atom is 0.407 e. The fourth-order valence-corrected chi connectivity index (χ4v) is 4.90. The number of nitrogens with one attached hydrogen (secondary N) is 1. The van der Waals surface area contributed by atoms with Gasteiger partial charge in [-0.1, -0.05) is 48.5 Å². The van der Waals surface area contributed by atoms with Crippen LogP contribution in [0, 0.1) is 6.92 Å². The van der Waals surface area contributed by atoms with E-state index in [9.17, 15) is 14.7 Å². The lowest BCUT2D eigenvalue weighted by Gasteiger charge is -2.22. The number of nitrogens with zero attached hydrogens (tertiary/aromatic N) is 1. The van der Waals surface area contributed by atoms with Gasteiger partial charge in [0.15, 0.2) is 0 Å². The molecule has 0 aromatic heterocycles. The van der Waals surface area contributed by atoms with Crippen LogP contribution in [0.3, 0.4) is 0 Å². The molecule has 2 N–H and O–H groups in total. The van der Waals surface area contributed by atoms with Crippen LogP contribution >= 0.6 is 0 Å². The summed E-state index contributed by atoms with van der Waals surface area (Å²) >= 11 is 0. The van der Waals surface area contributed by atoms with Gasteiger partial charge >= 0.3 is 6.09 Å². The van der Waals surface area contributed by atoms with Crippen LogP contribution in [0.2, 0.25) is 0 Å². The van der Waals surface area contributed by atoms with Crippen molar-refractivity contribution in [2.75, 3.05) is 13.2 Å². The number of rotatable bonds is 6. The van der Waals surface area contributed by atoms with Crippen molar-refractivity contribution < 1.29 is 19.4 Å². The van der Waals surface area contributed by atoms with Crippen molar-refractivity contribution in [2.45, 2.75) is 44.2 Å². The lowest BCUT2D eigenvalue weighted by atomic mass is 9.96. The van der Waals surface area contributed by atoms with Gasteiger partial charge in [0.25, 0.3) is 5.91 Å². The van der Waals surface area contributed by atoms with Crippen molar-refractivity contribution in [1.82, 2.24) is 10.2 Å². The molecule has 3 aromatic rings. The van der Waals surface area contributed by atoms with Crippen LogP contribution in [0.1, 0.15) is 47.2 Å². The number of carbonyl (C=O) groups excluding carboxylic acids is 1. The standard InChI is InChI=1S/C27H28N2O4/c1-18-11-12-21(33-17-20-8-5-15-29(20)26(31)32)16-23(18)25(30)28-27(13-14-27)24-10-4-7-19-6-2-3-9-22(19)24/h2-4,6-7,9-12,16,20H,5,8,13-15,17H2,1H3,(H,28,30)(H,31,32). The van der Waals surface area contributed by atoms with Gasteiger partial charge in [-0.3, -0.25) is 4.79 Å². The Hall–Kier alpha value is -3.54. The zero-order valence-electron chi connectivity index (χ0n) is 18.7. The van der Waals surface area contributed by atoms with Crippen LogP contribution < -0.4 is 10.1 Å². The van der Waals surface area contributed by atoms with E-state index in [0.29, 0.717) is 17.9 Å². The molecule has 1 saturated carbocycles. The predicted octanol–water partition coefficient (Wildman–Crippen LogP) is 5.09. The number of ether oxygens (including phenoxy) is 1. The molecule has 0 bridgehead atoms. The van der Waals surface area contributed by atoms with Crippen molar-refractivity contribution in [1.29, 1.82) is 0 Å². The normalized spacial score (nSPS) is 18.8. The molecular weight excluding hydrogens is 416 g/mol. The highest BCUT2D eigenvalue weighted by molar-refractivity contribution is 5.97. The van der Waals surface area contributed by atoms with E-state index < -0.39 is 6.09 Å². The van der Waals surface area contributed by atoms with E-state index >= 15 is 0 Å². The van der Waals surface area contributed by atoms with Gasteiger partial charge in [-0.25, -0.2) is 4.79 Å². The van der Waals surface area contributed by atoms with Crippen molar-refractivity contribution in [3.63, 3.8) is 0 Å². The van der Waals surface area contributed by atoms with Crippen molar-refractivity contribution in [3.05, 3.63) is 77.4 Å². The fourth-order valence-electron chi connectivity index (χ4n) is 4.90. The minimum absolute atomic E-state index is 0.114. The van der Waals surface area contributed by atoms with E-state index in [4.69, 9.17) is 4.74 Å². The molecule has 5 rings (SSSR count). The number of hydrogen-bond donors (Lipinski definition) is 2. The molecular formula is C27H28N2O4. The topological polar surface area (TPSA) is 78.9 Å². The molecule has 1 saturated heterocycles. The highest BCUT2D eigenvalue weighted by Crippen LogP contribution is 2.48. The first-order valence-electron chi connectivity index (χ1n) is 11.5. The second kappa shape index (κ2) is 8.43. The highest BCUT2D eigenvalue weighted by atomic mass is 16.5. The first-order valence-corrected chi connectivity index (χ1v) is 11.5. The number of likely N-dealkylation sites (tertiary alicyclic amines) is 1. The van der Waals surface area contributed by atoms with Crippen molar-refractivity contribution in [2.24, 2.45) is 0 Å². The Morgan fingerprint density at radius 2 is 1.91 bits per heavy atom. The molecule has 1 heterocycles. The van der Waals surface area contributed by atoms with E-state index in [0.717, 1.165) is 36.8 Å². The summed E-state index contributed by atoms with van der Waals surface area (Å²) in [5.74, 6) is 0.467. The summed E-state index contributed by atoms with van der Waals surface area (Å²) in [6.45, 7) is 2.75. The molecule has 0 radical (unpaired) electrons. The van der Waals surface area contributed by atoms with Gasteiger partial charge in [-0.05, 0) is 66.6 Å². The molecule has 2 aliphatic rings. The Morgan fingerprint density at radius 1 is 1.12 bits per heavy atom. The van der Waals surface area contributed by atoms with E-state index in [1.807, 2.05) is 37.3 Å². The summed E-state index contributed by atoms with van der Waals surface area (Å²) in [4.78, 5) is 26.1. The second-order valence-electron chi connectivity index (χ2n) is 9.12. The van der Waals surface area contributed by atoms with Crippen molar-refractivity contribution >= 4 is 22.8 Å². The minimum Gasteiger partial charge on any atom is -0.491 e. The smallest absolute Gasteiger partial charge is 0.407 e. The van der Waals surface area contributed by atoms with Crippen LogP contribution in [0.25, 0.3) is 10.8 Å². The molecule has 0 spiro atoms. The number of carboxylic acid groups (broad SMARTS) is 1. The summed E-state index contributed by atoms with van der Waals surface area (Å²) in [5.41, 5.74) is 2.28. The Kier molecular flexibility index (Phi) is 5.44. The van der Waals surface area contributed by atoms with Gasteiger partial charge < -0.3 is 20.1 Å². The molecule has 1 aliphatic carbocycles. The highest BCUT2D eigenvalue weighted by Gasteiger charge is 2.46. The second-order valence-corrected chi connectivity index (χ2v) is 9.12. The summed E-state index contributed by atoms with van der Waals surface area (Å²) in [5, 5.41) is 15.0. The maximum absolute atomic E-state index is 13.3. The van der Waals surface area contributed by atoms with E-state index in [1.165, 1.54) is 15.7 Å². The molecule has 6 nitrogen and oxygen atoms in total. The zero-order valence-corrected chi connectivity index (χ0v) is 18.7. The molecule has 6 heteroatoms. The van der Waals surface area contributed by atoms with Crippen LogP contribution in [0.4, 0.5) is 4.79 Å². The summed E-state index contributed by atoms with van der Waals surface area (Å²) < 4.78 is 5.92. The molecule has 1 atom stereocenters. The molecule has 2 amide bonds. The lowest BCUT2D eigenvalue weighted by molar-refractivity contribution is 0.0930. The van der Waals surface area contributed by atoms with Gasteiger partial charge in [0, 0.05) is 12.1 Å². The third kappa shape index (κ3) is 4.13. The average Bonchev–Trinajstić information content (AvgIpc) is 3.43. The Morgan fingerprint density at radius 3 is 2.70 bits per heavy atom. The molecule has 3 aromatic carbocycles. The van der Waals surface area contributed by atoms with Crippen LogP contribution in [-0.2, 0) is 5.54 Å². The third-order valence-electron chi connectivity index (χ3n) is 6.93. The predicted molar refractivity (Wildman–Crippen MR) is 127 cm³/mol. The Bertz CT molecular complexity index is 1210. The van der Waals surface area contributed by atoms with Gasteiger partial charge in [0.1, 0.15) is 12.4 Å². The van der Waals surface area contributed by atoms with E-state index in [2.05, 4.69) is 29.6 Å². The van der Waals surface area contributed by atoms with Gasteiger partial charge in [-0.2, -0.15) is 0 Å². The first-order chi connectivity index (χ1) is 16.0. The molecule has 170 valence electrons. The quantitative estimate of drug-likeness (QED) is 0.555. The molecule has 2 fully saturated rings. The zero-order chi connectivity index (χ0) is 23.0. The van der Waals surface area contributed by atoms with Crippen LogP contribution in [0.15, 0.2) is 60.7 Å². The van der Waals surface area contributed by atoms with Gasteiger partial charge in [0.2, 0.25) is 0 Å². The Labute approximate surface area is 193 Å². The molecule has 1 aliphatic heterocycles. The van der Waals surface area contributed by atoms with Gasteiger partial charge in [0.05, 0.1) is 11.6 Å².